The minimum absolute atomic E-state index is 0.915. The molecule has 0 atom stereocenters. The zero-order valence-electron chi connectivity index (χ0n) is 15.1. The van der Waals surface area contributed by atoms with Gasteiger partial charge in [-0.25, -0.2) is 0 Å². The van der Waals surface area contributed by atoms with Crippen LogP contribution in [0.25, 0.3) is 0 Å². The largest absolute Gasteiger partial charge is 0.301 e. The maximum Gasteiger partial charge on any atom is 0.0113 e. The predicted octanol–water partition coefficient (Wildman–Crippen LogP) is 4.40. The highest BCUT2D eigenvalue weighted by molar-refractivity contribution is 4.83. The minimum atomic E-state index is 0.915. The van der Waals surface area contributed by atoms with Crippen molar-refractivity contribution in [2.24, 2.45) is 17.8 Å². The van der Waals surface area contributed by atoms with E-state index in [1.54, 1.807) is 0 Å². The van der Waals surface area contributed by atoms with Crippen molar-refractivity contribution in [3.63, 3.8) is 0 Å². The number of piperazine rings is 1. The second-order valence-electron chi connectivity index (χ2n) is 8.55. The summed E-state index contributed by atoms with van der Waals surface area (Å²) in [7, 11) is 0. The second kappa shape index (κ2) is 8.15. The first-order valence-corrected chi connectivity index (χ1v) is 10.2. The van der Waals surface area contributed by atoms with Crippen LogP contribution in [0, 0.1) is 17.8 Å². The second-order valence-corrected chi connectivity index (χ2v) is 8.55. The van der Waals surface area contributed by atoms with Gasteiger partial charge in [0.15, 0.2) is 0 Å². The summed E-state index contributed by atoms with van der Waals surface area (Å²) in [6.07, 6.45) is 13.3. The molecule has 1 heterocycles. The molecule has 2 heteroatoms. The zero-order chi connectivity index (χ0) is 15.4. The minimum Gasteiger partial charge on any atom is -0.301 e. The highest BCUT2D eigenvalue weighted by atomic mass is 15.3. The summed E-state index contributed by atoms with van der Waals surface area (Å²) < 4.78 is 0. The Labute approximate surface area is 138 Å². The van der Waals surface area contributed by atoms with Crippen molar-refractivity contribution >= 4 is 0 Å². The monoisotopic (exact) mass is 306 g/mol. The summed E-state index contributed by atoms with van der Waals surface area (Å²) >= 11 is 0. The molecular weight excluding hydrogens is 268 g/mol. The van der Waals surface area contributed by atoms with E-state index in [1.807, 2.05) is 0 Å². The van der Waals surface area contributed by atoms with Gasteiger partial charge in [0.05, 0.1) is 0 Å². The van der Waals surface area contributed by atoms with Crippen LogP contribution in [0.5, 0.6) is 0 Å². The molecule has 3 fully saturated rings. The van der Waals surface area contributed by atoms with Crippen molar-refractivity contribution in [3.8, 4) is 0 Å². The molecule has 0 N–H and O–H groups in total. The lowest BCUT2D eigenvalue weighted by Crippen LogP contribution is -2.52. The molecule has 3 aliphatic rings. The van der Waals surface area contributed by atoms with Gasteiger partial charge in [-0.05, 0) is 56.3 Å². The van der Waals surface area contributed by atoms with E-state index in [0.29, 0.717) is 0 Å². The maximum atomic E-state index is 2.82. The van der Waals surface area contributed by atoms with Crippen LogP contribution < -0.4 is 0 Å². The third-order valence-corrected chi connectivity index (χ3v) is 6.97. The summed E-state index contributed by atoms with van der Waals surface area (Å²) in [4.78, 5) is 5.59. The van der Waals surface area contributed by atoms with Crippen molar-refractivity contribution < 1.29 is 0 Å². The van der Waals surface area contributed by atoms with E-state index in [0.717, 1.165) is 23.8 Å². The van der Waals surface area contributed by atoms with Crippen LogP contribution in [-0.2, 0) is 0 Å². The Kier molecular flexibility index (Phi) is 6.21. The Balaban J connectivity index is 1.35. The molecule has 3 rings (SSSR count). The lowest BCUT2D eigenvalue weighted by Gasteiger charge is -2.43. The molecular formula is C20H38N2. The van der Waals surface area contributed by atoms with Gasteiger partial charge < -0.3 is 4.90 Å². The third kappa shape index (κ3) is 4.47. The molecule has 0 aromatic rings. The van der Waals surface area contributed by atoms with Gasteiger partial charge >= 0.3 is 0 Å². The Hall–Kier alpha value is -0.0800. The smallest absolute Gasteiger partial charge is 0.0113 e. The summed E-state index contributed by atoms with van der Waals surface area (Å²) in [6, 6.07) is 0.915. The van der Waals surface area contributed by atoms with Gasteiger partial charge in [-0.2, -0.15) is 0 Å². The zero-order valence-corrected chi connectivity index (χ0v) is 15.1. The molecule has 2 saturated carbocycles. The number of rotatable bonds is 4. The summed E-state index contributed by atoms with van der Waals surface area (Å²) in [5, 5.41) is 0. The predicted molar refractivity (Wildman–Crippen MR) is 95.2 cm³/mol. The van der Waals surface area contributed by atoms with Gasteiger partial charge in [-0.1, -0.05) is 33.1 Å². The molecule has 0 bridgehead atoms. The number of hydrogen-bond acceptors (Lipinski definition) is 2. The molecule has 0 aromatic heterocycles. The van der Waals surface area contributed by atoms with Gasteiger partial charge in [0.1, 0.15) is 0 Å². The average Bonchev–Trinajstić information content (AvgIpc) is 2.57. The summed E-state index contributed by atoms with van der Waals surface area (Å²) in [5.41, 5.74) is 0. The number of hydrogen-bond donors (Lipinski definition) is 0. The molecule has 0 radical (unpaired) electrons. The fraction of sp³-hybridized carbons (Fsp3) is 1.00. The fourth-order valence-corrected chi connectivity index (χ4v) is 5.11. The lowest BCUT2D eigenvalue weighted by atomic mass is 9.80. The van der Waals surface area contributed by atoms with E-state index in [-0.39, 0.29) is 0 Å². The molecule has 0 spiro atoms. The van der Waals surface area contributed by atoms with Crippen molar-refractivity contribution in [1.29, 1.82) is 0 Å². The lowest BCUT2D eigenvalue weighted by molar-refractivity contribution is 0.0595. The van der Waals surface area contributed by atoms with Crippen LogP contribution in [0.2, 0.25) is 0 Å². The third-order valence-electron chi connectivity index (χ3n) is 6.97. The van der Waals surface area contributed by atoms with Crippen LogP contribution in [0.4, 0.5) is 0 Å². The van der Waals surface area contributed by atoms with Crippen LogP contribution in [0.15, 0.2) is 0 Å². The van der Waals surface area contributed by atoms with Gasteiger partial charge in [0.25, 0.3) is 0 Å². The molecule has 1 saturated heterocycles. The van der Waals surface area contributed by atoms with Crippen LogP contribution in [0.3, 0.4) is 0 Å². The molecule has 128 valence electrons. The first-order chi connectivity index (χ1) is 10.7. The van der Waals surface area contributed by atoms with Gasteiger partial charge in [-0.15, -0.1) is 0 Å². The van der Waals surface area contributed by atoms with Crippen molar-refractivity contribution in [2.75, 3.05) is 32.7 Å². The van der Waals surface area contributed by atoms with Crippen molar-refractivity contribution in [2.45, 2.75) is 77.7 Å². The Bertz CT molecular complexity index is 306. The number of nitrogens with zero attached hydrogens (tertiary/aromatic N) is 2. The highest BCUT2D eigenvalue weighted by Gasteiger charge is 2.28. The molecule has 0 unspecified atom stereocenters. The highest BCUT2D eigenvalue weighted by Crippen LogP contribution is 2.32. The van der Waals surface area contributed by atoms with Crippen LogP contribution in [-0.4, -0.2) is 48.6 Å². The Morgan fingerprint density at radius 1 is 0.727 bits per heavy atom. The van der Waals surface area contributed by atoms with E-state index in [1.165, 1.54) is 90.5 Å². The van der Waals surface area contributed by atoms with Gasteiger partial charge in [0, 0.05) is 38.8 Å². The summed E-state index contributed by atoms with van der Waals surface area (Å²) in [5.74, 6) is 3.03. The SMILES string of the molecule is CCC1CCC(CN2CCN(C3CCC(C)CC3)CC2)CC1. The normalized spacial score (nSPS) is 39.0. The van der Waals surface area contributed by atoms with E-state index in [2.05, 4.69) is 23.6 Å². The molecule has 2 aliphatic carbocycles. The Morgan fingerprint density at radius 3 is 1.91 bits per heavy atom. The van der Waals surface area contributed by atoms with E-state index < -0.39 is 0 Å². The van der Waals surface area contributed by atoms with Crippen molar-refractivity contribution in [1.82, 2.24) is 9.80 Å². The van der Waals surface area contributed by atoms with Crippen molar-refractivity contribution in [3.05, 3.63) is 0 Å². The molecule has 0 aromatic carbocycles. The van der Waals surface area contributed by atoms with Gasteiger partial charge in [0.2, 0.25) is 0 Å². The van der Waals surface area contributed by atoms with Gasteiger partial charge in [-0.3, -0.25) is 4.90 Å². The molecule has 2 nitrogen and oxygen atoms in total. The Morgan fingerprint density at radius 2 is 1.32 bits per heavy atom. The molecule has 22 heavy (non-hydrogen) atoms. The summed E-state index contributed by atoms with van der Waals surface area (Å²) in [6.45, 7) is 11.5. The topological polar surface area (TPSA) is 6.48 Å². The average molecular weight is 307 g/mol. The van der Waals surface area contributed by atoms with E-state index in [9.17, 15) is 0 Å². The first-order valence-electron chi connectivity index (χ1n) is 10.2. The first kappa shape index (κ1) is 16.8. The standard InChI is InChI=1S/C20H38N2/c1-3-18-6-8-19(9-7-18)16-21-12-14-22(15-13-21)20-10-4-17(2)5-11-20/h17-20H,3-16H2,1-2H3. The van der Waals surface area contributed by atoms with Crippen LogP contribution in [0.1, 0.15) is 71.6 Å². The fourth-order valence-electron chi connectivity index (χ4n) is 5.11. The van der Waals surface area contributed by atoms with E-state index in [4.69, 9.17) is 0 Å². The molecule has 1 aliphatic heterocycles. The molecule has 0 amide bonds. The maximum absolute atomic E-state index is 2.82. The van der Waals surface area contributed by atoms with Crippen LogP contribution >= 0.6 is 0 Å². The quantitative estimate of drug-likeness (QED) is 0.759. The van der Waals surface area contributed by atoms with E-state index >= 15 is 0 Å².